The highest BCUT2D eigenvalue weighted by atomic mass is 16.5. The second kappa shape index (κ2) is 9.18. The Morgan fingerprint density at radius 2 is 1.61 bits per heavy atom. The lowest BCUT2D eigenvalue weighted by molar-refractivity contribution is 0.100. The average molecular weight is 440 g/mol. The van der Waals surface area contributed by atoms with Crippen molar-refractivity contribution in [1.29, 1.82) is 0 Å². The molecule has 33 heavy (non-hydrogen) atoms. The molecule has 0 radical (unpaired) electrons. The molecule has 2 heterocycles. The SMILES string of the molecule is NC(=O)c1cc2ccccc2cc1Nc1ccnc(Nc2ccc(N3CCOCC3)cc2)c1. The number of anilines is 5. The van der Waals surface area contributed by atoms with Gasteiger partial charge in [-0.25, -0.2) is 4.98 Å². The summed E-state index contributed by atoms with van der Waals surface area (Å²) in [5.41, 5.74) is 9.68. The standard InChI is InChI=1S/C26H25N5O2/c27-26(32)23-15-18-3-1-2-4-19(18)16-24(23)29-21-9-10-28-25(17-21)30-20-5-7-22(8-6-20)31-11-13-33-14-12-31/h1-10,15-17H,11-14H2,(H2,27,32)(H2,28,29,30). The zero-order valence-corrected chi connectivity index (χ0v) is 18.1. The van der Waals surface area contributed by atoms with E-state index in [4.69, 9.17) is 10.5 Å². The summed E-state index contributed by atoms with van der Waals surface area (Å²) in [7, 11) is 0. The van der Waals surface area contributed by atoms with Crippen LogP contribution in [0.2, 0.25) is 0 Å². The number of primary amides is 1. The molecule has 1 aliphatic heterocycles. The summed E-state index contributed by atoms with van der Waals surface area (Å²) in [4.78, 5) is 18.8. The van der Waals surface area contributed by atoms with Crippen LogP contribution in [0.4, 0.5) is 28.6 Å². The molecule has 3 aromatic carbocycles. The van der Waals surface area contributed by atoms with E-state index in [1.165, 1.54) is 5.69 Å². The van der Waals surface area contributed by atoms with Crippen molar-refractivity contribution in [3.63, 3.8) is 0 Å². The molecular formula is C26H25N5O2. The molecule has 7 nitrogen and oxygen atoms in total. The van der Waals surface area contributed by atoms with Gasteiger partial charge in [-0.3, -0.25) is 4.79 Å². The van der Waals surface area contributed by atoms with Crippen molar-refractivity contribution in [1.82, 2.24) is 4.98 Å². The maximum absolute atomic E-state index is 12.1. The fourth-order valence-electron chi connectivity index (χ4n) is 4.00. The number of hydrogen-bond donors (Lipinski definition) is 3. The molecule has 1 saturated heterocycles. The Morgan fingerprint density at radius 1 is 0.879 bits per heavy atom. The number of benzene rings is 3. The highest BCUT2D eigenvalue weighted by molar-refractivity contribution is 6.04. The second-order valence-electron chi connectivity index (χ2n) is 7.94. The fraction of sp³-hybridized carbons (Fsp3) is 0.154. The Kier molecular flexibility index (Phi) is 5.78. The van der Waals surface area contributed by atoms with Crippen LogP contribution >= 0.6 is 0 Å². The van der Waals surface area contributed by atoms with E-state index in [2.05, 4.69) is 32.7 Å². The van der Waals surface area contributed by atoms with Gasteiger partial charge in [-0.2, -0.15) is 0 Å². The predicted molar refractivity (Wildman–Crippen MR) is 133 cm³/mol. The van der Waals surface area contributed by atoms with Crippen LogP contribution in [0.3, 0.4) is 0 Å². The number of pyridine rings is 1. The summed E-state index contributed by atoms with van der Waals surface area (Å²) < 4.78 is 5.43. The van der Waals surface area contributed by atoms with Crippen LogP contribution in [0.1, 0.15) is 10.4 Å². The summed E-state index contributed by atoms with van der Waals surface area (Å²) in [5, 5.41) is 8.66. The van der Waals surface area contributed by atoms with Crippen LogP contribution in [0, 0.1) is 0 Å². The first kappa shape index (κ1) is 20.8. The van der Waals surface area contributed by atoms with Gasteiger partial charge >= 0.3 is 0 Å². The van der Waals surface area contributed by atoms with Crippen LogP contribution in [0.25, 0.3) is 10.8 Å². The minimum atomic E-state index is -0.476. The predicted octanol–water partition coefficient (Wildman–Crippen LogP) is 4.66. The first-order chi connectivity index (χ1) is 16.2. The van der Waals surface area contributed by atoms with Crippen molar-refractivity contribution in [3.05, 3.63) is 84.6 Å². The van der Waals surface area contributed by atoms with Crippen molar-refractivity contribution in [2.45, 2.75) is 0 Å². The Morgan fingerprint density at radius 3 is 2.33 bits per heavy atom. The molecule has 5 rings (SSSR count). The largest absolute Gasteiger partial charge is 0.378 e. The summed E-state index contributed by atoms with van der Waals surface area (Å²) in [6.45, 7) is 3.34. The monoisotopic (exact) mass is 439 g/mol. The Balaban J connectivity index is 1.34. The second-order valence-corrected chi connectivity index (χ2v) is 7.94. The molecule has 0 spiro atoms. The number of carbonyl (C=O) groups is 1. The third-order valence-corrected chi connectivity index (χ3v) is 5.71. The molecule has 4 aromatic rings. The highest BCUT2D eigenvalue weighted by Gasteiger charge is 2.12. The lowest BCUT2D eigenvalue weighted by Gasteiger charge is -2.28. The van der Waals surface area contributed by atoms with Crippen molar-refractivity contribution in [2.24, 2.45) is 5.73 Å². The van der Waals surface area contributed by atoms with Crippen LogP contribution in [0.15, 0.2) is 79.0 Å². The molecule has 4 N–H and O–H groups in total. The highest BCUT2D eigenvalue weighted by Crippen LogP contribution is 2.28. The molecule has 0 atom stereocenters. The van der Waals surface area contributed by atoms with Gasteiger partial charge in [0.1, 0.15) is 5.82 Å². The number of nitrogens with one attached hydrogen (secondary N) is 2. The van der Waals surface area contributed by atoms with Crippen molar-refractivity contribution < 1.29 is 9.53 Å². The van der Waals surface area contributed by atoms with Crippen molar-refractivity contribution >= 4 is 45.2 Å². The molecule has 0 unspecified atom stereocenters. The number of nitrogens with zero attached hydrogens (tertiary/aromatic N) is 2. The van der Waals surface area contributed by atoms with E-state index in [1.54, 1.807) is 6.20 Å². The van der Waals surface area contributed by atoms with Crippen LogP contribution in [-0.4, -0.2) is 37.2 Å². The van der Waals surface area contributed by atoms with Crippen LogP contribution < -0.4 is 21.3 Å². The van der Waals surface area contributed by atoms with Gasteiger partial charge in [0.2, 0.25) is 0 Å². The zero-order valence-electron chi connectivity index (χ0n) is 18.1. The van der Waals surface area contributed by atoms with Crippen molar-refractivity contribution in [3.8, 4) is 0 Å². The van der Waals surface area contributed by atoms with E-state index in [0.717, 1.165) is 48.5 Å². The normalized spacial score (nSPS) is 13.6. The number of carbonyl (C=O) groups excluding carboxylic acids is 1. The number of nitrogens with two attached hydrogens (primary N) is 1. The lowest BCUT2D eigenvalue weighted by atomic mass is 10.0. The number of fused-ring (bicyclic) bond motifs is 1. The third-order valence-electron chi connectivity index (χ3n) is 5.71. The first-order valence-corrected chi connectivity index (χ1v) is 10.9. The maximum Gasteiger partial charge on any atom is 0.250 e. The van der Waals surface area contributed by atoms with Gasteiger partial charge in [-0.15, -0.1) is 0 Å². The quantitative estimate of drug-likeness (QED) is 0.405. The lowest BCUT2D eigenvalue weighted by Crippen LogP contribution is -2.36. The number of hydrogen-bond acceptors (Lipinski definition) is 6. The smallest absolute Gasteiger partial charge is 0.250 e. The summed E-state index contributed by atoms with van der Waals surface area (Å²) in [6.07, 6.45) is 1.72. The molecule has 0 aliphatic carbocycles. The van der Waals surface area contributed by atoms with Gasteiger partial charge in [0.05, 0.1) is 24.5 Å². The fourth-order valence-corrected chi connectivity index (χ4v) is 4.00. The Bertz CT molecular complexity index is 1280. The number of rotatable bonds is 6. The number of aromatic nitrogens is 1. The van der Waals surface area contributed by atoms with E-state index < -0.39 is 5.91 Å². The number of ether oxygens (including phenoxy) is 1. The Hall–Kier alpha value is -4.10. The summed E-state index contributed by atoms with van der Waals surface area (Å²) in [6, 6.07) is 23.7. The topological polar surface area (TPSA) is 92.5 Å². The minimum Gasteiger partial charge on any atom is -0.378 e. The van der Waals surface area contributed by atoms with E-state index in [9.17, 15) is 4.79 Å². The molecule has 166 valence electrons. The maximum atomic E-state index is 12.1. The average Bonchev–Trinajstić information content (AvgIpc) is 2.85. The molecule has 7 heteroatoms. The molecule has 1 aromatic heterocycles. The van der Waals surface area contributed by atoms with Gasteiger partial charge in [0.15, 0.2) is 0 Å². The van der Waals surface area contributed by atoms with Crippen LogP contribution in [-0.2, 0) is 4.74 Å². The molecule has 0 saturated carbocycles. The summed E-state index contributed by atoms with van der Waals surface area (Å²) in [5.74, 6) is 0.219. The number of morpholine rings is 1. The first-order valence-electron chi connectivity index (χ1n) is 10.9. The van der Waals surface area contributed by atoms with Gasteiger partial charge in [-0.1, -0.05) is 24.3 Å². The van der Waals surface area contributed by atoms with E-state index >= 15 is 0 Å². The van der Waals surface area contributed by atoms with Crippen molar-refractivity contribution in [2.75, 3.05) is 41.8 Å². The van der Waals surface area contributed by atoms with Gasteiger partial charge in [0.25, 0.3) is 5.91 Å². The number of amides is 1. The molecule has 1 aliphatic rings. The van der Waals surface area contributed by atoms with E-state index in [1.807, 2.05) is 60.7 Å². The Labute approximate surface area is 192 Å². The minimum absolute atomic E-state index is 0.443. The van der Waals surface area contributed by atoms with Gasteiger partial charge in [0, 0.05) is 42.4 Å². The third kappa shape index (κ3) is 4.73. The summed E-state index contributed by atoms with van der Waals surface area (Å²) >= 11 is 0. The molecule has 0 bridgehead atoms. The van der Waals surface area contributed by atoms with Gasteiger partial charge in [-0.05, 0) is 53.2 Å². The van der Waals surface area contributed by atoms with E-state index in [-0.39, 0.29) is 0 Å². The van der Waals surface area contributed by atoms with Gasteiger partial charge < -0.3 is 26.0 Å². The molecule has 1 fully saturated rings. The molecular weight excluding hydrogens is 414 g/mol. The van der Waals surface area contributed by atoms with Crippen LogP contribution in [0.5, 0.6) is 0 Å². The molecule has 1 amide bonds. The zero-order chi connectivity index (χ0) is 22.6. The van der Waals surface area contributed by atoms with E-state index in [0.29, 0.717) is 17.1 Å².